The molecular formula is C24H11F11O4. The zero-order valence-electron chi connectivity index (χ0n) is 18.6. The number of carboxylic acid groups (broad SMARTS) is 2. The van der Waals surface area contributed by atoms with Gasteiger partial charge in [-0.05, 0) is 48.0 Å². The molecule has 3 aromatic rings. The largest absolute Gasteiger partial charge is 0.478 e. The first-order valence-electron chi connectivity index (χ1n) is 10.1. The molecule has 208 valence electrons. The molecule has 2 N–H and O–H groups in total. The first-order valence-corrected chi connectivity index (χ1v) is 10.1. The minimum atomic E-state index is -6.10. The minimum Gasteiger partial charge on any atom is -0.478 e. The van der Waals surface area contributed by atoms with Crippen molar-refractivity contribution in [2.45, 2.75) is 23.9 Å². The number of aromatic carboxylic acids is 2. The molecule has 0 saturated heterocycles. The van der Waals surface area contributed by atoms with Crippen molar-refractivity contribution in [2.24, 2.45) is 0 Å². The summed E-state index contributed by atoms with van der Waals surface area (Å²) < 4.78 is 157. The van der Waals surface area contributed by atoms with Crippen LogP contribution in [0.3, 0.4) is 0 Å². The number of benzene rings is 3. The molecule has 0 radical (unpaired) electrons. The lowest BCUT2D eigenvalue weighted by Gasteiger charge is -2.38. The Morgan fingerprint density at radius 2 is 0.872 bits per heavy atom. The van der Waals surface area contributed by atoms with E-state index in [-0.39, 0.29) is 36.4 Å². The van der Waals surface area contributed by atoms with E-state index in [0.29, 0.717) is 12.1 Å². The predicted octanol–water partition coefficient (Wildman–Crippen LogP) is 7.30. The van der Waals surface area contributed by atoms with Crippen LogP contribution in [0.25, 0.3) is 0 Å². The summed E-state index contributed by atoms with van der Waals surface area (Å²) in [6.45, 7) is 0. The van der Waals surface area contributed by atoms with Gasteiger partial charge in [-0.2, -0.15) is 39.5 Å². The van der Waals surface area contributed by atoms with E-state index < -0.39 is 92.5 Å². The summed E-state index contributed by atoms with van der Waals surface area (Å²) in [5.74, 6) is -7.85. The summed E-state index contributed by atoms with van der Waals surface area (Å²) in [5.41, 5.74) is -16.3. The van der Waals surface area contributed by atoms with Crippen LogP contribution in [-0.2, 0) is 17.8 Å². The molecule has 0 unspecified atom stereocenters. The maximum atomic E-state index is 15.2. The third-order valence-corrected chi connectivity index (χ3v) is 5.69. The van der Waals surface area contributed by atoms with E-state index in [9.17, 15) is 35.9 Å². The Bertz CT molecular complexity index is 1360. The minimum absolute atomic E-state index is 0.0138. The van der Waals surface area contributed by atoms with Crippen molar-refractivity contribution in [3.63, 3.8) is 0 Å². The molecule has 0 atom stereocenters. The second-order valence-electron chi connectivity index (χ2n) is 8.04. The highest BCUT2D eigenvalue weighted by atomic mass is 19.4. The maximum absolute atomic E-state index is 15.2. The van der Waals surface area contributed by atoms with Crippen LogP contribution < -0.4 is 0 Å². The fourth-order valence-electron chi connectivity index (χ4n) is 4.00. The topological polar surface area (TPSA) is 74.6 Å². The van der Waals surface area contributed by atoms with Gasteiger partial charge in [-0.1, -0.05) is 12.1 Å². The number of hydrogen-bond donors (Lipinski definition) is 2. The van der Waals surface area contributed by atoms with Gasteiger partial charge >= 0.3 is 30.5 Å². The number of hydrogen-bond acceptors (Lipinski definition) is 2. The summed E-state index contributed by atoms with van der Waals surface area (Å²) in [4.78, 5) is 22.3. The predicted molar refractivity (Wildman–Crippen MR) is 109 cm³/mol. The van der Waals surface area contributed by atoms with Crippen molar-refractivity contribution in [3.05, 3.63) is 105 Å². The third kappa shape index (κ3) is 5.25. The first kappa shape index (κ1) is 29.4. The molecule has 0 aliphatic carbocycles. The molecular weight excluding hydrogens is 561 g/mol. The standard InChI is InChI=1S/C24H11F11O4/c25-17-5-10(19(36)37)1-3-15(17)21(24(33,34)35,16-4-2-11(20(38)39)6-18(16)26)12-7-13(22(27,28)29)9-14(8-12)23(30,31)32/h1-9H,(H,36,37)(H,38,39). The summed E-state index contributed by atoms with van der Waals surface area (Å²) in [6.07, 6.45) is -17.4. The molecule has 0 bridgehead atoms. The molecule has 0 spiro atoms. The number of carboxylic acids is 2. The van der Waals surface area contributed by atoms with Gasteiger partial charge in [0.2, 0.25) is 0 Å². The summed E-state index contributed by atoms with van der Waals surface area (Å²) in [6, 6.07) is -0.214. The Morgan fingerprint density at radius 1 is 0.538 bits per heavy atom. The molecule has 0 heterocycles. The number of carbonyl (C=O) groups is 2. The highest BCUT2D eigenvalue weighted by Crippen LogP contribution is 2.54. The Kier molecular flexibility index (Phi) is 7.19. The first-order chi connectivity index (χ1) is 17.7. The van der Waals surface area contributed by atoms with Crippen LogP contribution in [0.1, 0.15) is 48.5 Å². The average molecular weight is 572 g/mol. The van der Waals surface area contributed by atoms with Crippen molar-refractivity contribution in [1.82, 2.24) is 0 Å². The van der Waals surface area contributed by atoms with E-state index in [2.05, 4.69) is 0 Å². The molecule has 15 heteroatoms. The van der Waals surface area contributed by atoms with Gasteiger partial charge in [0.15, 0.2) is 0 Å². The Balaban J connectivity index is 2.65. The van der Waals surface area contributed by atoms with Crippen LogP contribution >= 0.6 is 0 Å². The van der Waals surface area contributed by atoms with Crippen LogP contribution in [-0.4, -0.2) is 28.3 Å². The van der Waals surface area contributed by atoms with E-state index in [1.807, 2.05) is 0 Å². The van der Waals surface area contributed by atoms with Gasteiger partial charge in [-0.25, -0.2) is 18.4 Å². The molecule has 3 rings (SSSR count). The normalized spacial score (nSPS) is 12.9. The van der Waals surface area contributed by atoms with Crippen LogP contribution in [0.2, 0.25) is 0 Å². The maximum Gasteiger partial charge on any atom is 0.416 e. The summed E-state index contributed by atoms with van der Waals surface area (Å²) >= 11 is 0. The van der Waals surface area contributed by atoms with Crippen molar-refractivity contribution >= 4 is 11.9 Å². The molecule has 0 amide bonds. The molecule has 0 aliphatic rings. The highest BCUT2D eigenvalue weighted by Gasteiger charge is 2.61. The van der Waals surface area contributed by atoms with E-state index >= 15 is 22.0 Å². The fraction of sp³-hybridized carbons (Fsp3) is 0.167. The van der Waals surface area contributed by atoms with Crippen molar-refractivity contribution in [1.29, 1.82) is 0 Å². The van der Waals surface area contributed by atoms with E-state index in [4.69, 9.17) is 10.2 Å². The number of rotatable bonds is 5. The van der Waals surface area contributed by atoms with Gasteiger partial charge in [0.1, 0.15) is 17.0 Å². The van der Waals surface area contributed by atoms with Gasteiger partial charge in [0.05, 0.1) is 22.3 Å². The molecule has 4 nitrogen and oxygen atoms in total. The summed E-state index contributed by atoms with van der Waals surface area (Å²) in [7, 11) is 0. The van der Waals surface area contributed by atoms with Crippen LogP contribution in [0.4, 0.5) is 48.3 Å². The lowest BCUT2D eigenvalue weighted by molar-refractivity contribution is -0.169. The summed E-state index contributed by atoms with van der Waals surface area (Å²) in [5, 5.41) is 18.0. The zero-order valence-corrected chi connectivity index (χ0v) is 18.6. The molecule has 39 heavy (non-hydrogen) atoms. The molecule has 0 aromatic heterocycles. The average Bonchev–Trinajstić information content (AvgIpc) is 2.78. The zero-order chi connectivity index (χ0) is 29.7. The molecule has 3 aromatic carbocycles. The second kappa shape index (κ2) is 9.54. The van der Waals surface area contributed by atoms with Gasteiger partial charge in [0, 0.05) is 11.1 Å². The lowest BCUT2D eigenvalue weighted by Crippen LogP contribution is -2.46. The van der Waals surface area contributed by atoms with Gasteiger partial charge < -0.3 is 10.2 Å². The van der Waals surface area contributed by atoms with Crippen LogP contribution in [0, 0.1) is 11.6 Å². The van der Waals surface area contributed by atoms with Gasteiger partial charge in [0.25, 0.3) is 0 Å². The van der Waals surface area contributed by atoms with E-state index in [1.165, 1.54) is 0 Å². The molecule has 0 fully saturated rings. The SMILES string of the molecule is O=C(O)c1ccc(C(c2cc(C(F)(F)F)cc(C(F)(F)F)c2)(c2ccc(C(=O)O)cc2F)C(F)(F)F)c(F)c1. The van der Waals surface area contributed by atoms with Crippen LogP contribution in [0.5, 0.6) is 0 Å². The lowest BCUT2D eigenvalue weighted by atomic mass is 9.67. The number of halogens is 11. The Morgan fingerprint density at radius 3 is 1.13 bits per heavy atom. The Labute approximate surface area is 209 Å². The Hall–Kier alpha value is -4.17. The highest BCUT2D eigenvalue weighted by molar-refractivity contribution is 5.88. The smallest absolute Gasteiger partial charge is 0.416 e. The van der Waals surface area contributed by atoms with Gasteiger partial charge in [-0.3, -0.25) is 0 Å². The van der Waals surface area contributed by atoms with Crippen molar-refractivity contribution in [2.75, 3.05) is 0 Å². The number of alkyl halides is 9. The van der Waals surface area contributed by atoms with Crippen molar-refractivity contribution in [3.8, 4) is 0 Å². The quantitative estimate of drug-likeness (QED) is 0.249. The van der Waals surface area contributed by atoms with Crippen molar-refractivity contribution < 1.29 is 68.1 Å². The second-order valence-corrected chi connectivity index (χ2v) is 8.04. The monoisotopic (exact) mass is 572 g/mol. The van der Waals surface area contributed by atoms with Crippen LogP contribution in [0.15, 0.2) is 54.6 Å². The fourth-order valence-corrected chi connectivity index (χ4v) is 4.00. The molecule has 0 aliphatic heterocycles. The third-order valence-electron chi connectivity index (χ3n) is 5.69. The van der Waals surface area contributed by atoms with E-state index in [1.54, 1.807) is 0 Å². The van der Waals surface area contributed by atoms with E-state index in [0.717, 1.165) is 0 Å². The van der Waals surface area contributed by atoms with Gasteiger partial charge in [-0.15, -0.1) is 0 Å². The molecule has 0 saturated carbocycles.